The van der Waals surface area contributed by atoms with Crippen LogP contribution in [0.3, 0.4) is 0 Å². The molecule has 0 spiro atoms. The van der Waals surface area contributed by atoms with E-state index in [2.05, 4.69) is 12.1 Å². The van der Waals surface area contributed by atoms with E-state index < -0.39 is 11.4 Å². The summed E-state index contributed by atoms with van der Waals surface area (Å²) in [5.74, 6) is 0.999. The van der Waals surface area contributed by atoms with Crippen molar-refractivity contribution in [2.75, 3.05) is 27.4 Å². The van der Waals surface area contributed by atoms with Gasteiger partial charge in [0.2, 0.25) is 0 Å². The maximum atomic E-state index is 11.5. The van der Waals surface area contributed by atoms with E-state index in [1.54, 1.807) is 14.2 Å². The van der Waals surface area contributed by atoms with Gasteiger partial charge in [0.25, 0.3) is 0 Å². The van der Waals surface area contributed by atoms with Gasteiger partial charge in [-0.2, -0.15) is 0 Å². The van der Waals surface area contributed by atoms with Crippen molar-refractivity contribution in [3.05, 3.63) is 23.8 Å². The molecule has 1 N–H and O–H groups in total. The van der Waals surface area contributed by atoms with Crippen LogP contribution >= 0.6 is 0 Å². The molecule has 0 aromatic heterocycles. The van der Waals surface area contributed by atoms with Gasteiger partial charge in [0.1, 0.15) is 0 Å². The third-order valence-electron chi connectivity index (χ3n) is 5.65. The maximum Gasteiger partial charge on any atom is 0.309 e. The van der Waals surface area contributed by atoms with Crippen molar-refractivity contribution < 1.29 is 24.1 Å². The molecule has 0 aliphatic heterocycles. The fraction of sp³-hybridized carbons (Fsp3) is 0.696. The van der Waals surface area contributed by atoms with Crippen molar-refractivity contribution in [1.82, 2.24) is 0 Å². The molecule has 5 nitrogen and oxygen atoms in total. The molecule has 0 radical (unpaired) electrons. The number of hydrogen-bond donors (Lipinski definition) is 1. The molecule has 0 unspecified atom stereocenters. The first-order valence-corrected chi connectivity index (χ1v) is 10.4. The standard InChI is InChI=1S/C23H38O5/c1-18(2)23(3,22(24)25)14-9-7-6-8-11-19-12-13-20(27-5)21(17-19)28-16-10-15-26-4/h12-13,17-18H,6-11,14-16H2,1-5H3,(H,24,25)/t23-/m1/s1. The molecule has 0 fully saturated rings. The number of carbonyl (C=O) groups is 1. The Labute approximate surface area is 170 Å². The van der Waals surface area contributed by atoms with Crippen LogP contribution in [0.25, 0.3) is 0 Å². The zero-order chi connectivity index (χ0) is 21.0. The molecule has 0 saturated heterocycles. The first-order chi connectivity index (χ1) is 13.3. The lowest BCUT2D eigenvalue weighted by molar-refractivity contribution is -0.151. The second-order valence-corrected chi connectivity index (χ2v) is 7.97. The van der Waals surface area contributed by atoms with Gasteiger partial charge in [-0.25, -0.2) is 0 Å². The second kappa shape index (κ2) is 12.7. The molecule has 5 heteroatoms. The summed E-state index contributed by atoms with van der Waals surface area (Å²) in [7, 11) is 3.34. The fourth-order valence-corrected chi connectivity index (χ4v) is 3.19. The highest BCUT2D eigenvalue weighted by Crippen LogP contribution is 2.33. The zero-order valence-electron chi connectivity index (χ0n) is 18.3. The number of carboxylic acids is 1. The van der Waals surface area contributed by atoms with E-state index in [-0.39, 0.29) is 5.92 Å². The molecule has 1 rings (SSSR count). The number of rotatable bonds is 15. The largest absolute Gasteiger partial charge is 0.493 e. The van der Waals surface area contributed by atoms with Gasteiger partial charge in [0, 0.05) is 20.1 Å². The average molecular weight is 395 g/mol. The molecule has 0 aliphatic carbocycles. The molecular weight excluding hydrogens is 356 g/mol. The quantitative estimate of drug-likeness (QED) is 0.406. The number of carboxylic acid groups (broad SMARTS) is 1. The van der Waals surface area contributed by atoms with Gasteiger partial charge >= 0.3 is 5.97 Å². The third kappa shape index (κ3) is 7.70. The van der Waals surface area contributed by atoms with Crippen LogP contribution in [0.2, 0.25) is 0 Å². The van der Waals surface area contributed by atoms with Crippen molar-refractivity contribution in [1.29, 1.82) is 0 Å². The van der Waals surface area contributed by atoms with E-state index >= 15 is 0 Å². The van der Waals surface area contributed by atoms with Crippen LogP contribution < -0.4 is 9.47 Å². The minimum absolute atomic E-state index is 0.145. The van der Waals surface area contributed by atoms with Gasteiger partial charge in [-0.1, -0.05) is 39.2 Å². The summed E-state index contributed by atoms with van der Waals surface area (Å²) in [5.41, 5.74) is 0.616. The van der Waals surface area contributed by atoms with Gasteiger partial charge in [-0.3, -0.25) is 4.79 Å². The van der Waals surface area contributed by atoms with E-state index in [4.69, 9.17) is 14.2 Å². The van der Waals surface area contributed by atoms with Crippen LogP contribution in [0.15, 0.2) is 18.2 Å². The lowest BCUT2D eigenvalue weighted by Gasteiger charge is -2.29. The topological polar surface area (TPSA) is 65.0 Å². The molecule has 1 aromatic rings. The fourth-order valence-electron chi connectivity index (χ4n) is 3.19. The number of methoxy groups -OCH3 is 2. The first-order valence-electron chi connectivity index (χ1n) is 10.4. The number of aliphatic carboxylic acids is 1. The number of hydrogen-bond acceptors (Lipinski definition) is 4. The number of aryl methyl sites for hydroxylation is 1. The van der Waals surface area contributed by atoms with Crippen molar-refractivity contribution in [2.24, 2.45) is 11.3 Å². The molecule has 0 aliphatic rings. The van der Waals surface area contributed by atoms with Gasteiger partial charge in [-0.15, -0.1) is 0 Å². The average Bonchev–Trinajstić information content (AvgIpc) is 2.67. The van der Waals surface area contributed by atoms with E-state index in [1.807, 2.05) is 26.8 Å². The molecule has 0 heterocycles. The van der Waals surface area contributed by atoms with Gasteiger partial charge in [0.15, 0.2) is 11.5 Å². The highest BCUT2D eigenvalue weighted by Gasteiger charge is 2.35. The summed E-state index contributed by atoms with van der Waals surface area (Å²) in [4.78, 5) is 11.5. The van der Waals surface area contributed by atoms with Crippen LogP contribution in [0.4, 0.5) is 0 Å². The minimum Gasteiger partial charge on any atom is -0.493 e. The predicted molar refractivity (Wildman–Crippen MR) is 112 cm³/mol. The Morgan fingerprint density at radius 3 is 2.36 bits per heavy atom. The van der Waals surface area contributed by atoms with Gasteiger partial charge in [-0.05, 0) is 49.8 Å². The minimum atomic E-state index is -0.682. The molecule has 0 amide bonds. The molecular formula is C23H38O5. The smallest absolute Gasteiger partial charge is 0.309 e. The highest BCUT2D eigenvalue weighted by atomic mass is 16.5. The van der Waals surface area contributed by atoms with Crippen molar-refractivity contribution in [3.8, 4) is 11.5 Å². The summed E-state index contributed by atoms with van der Waals surface area (Å²) in [5, 5.41) is 9.49. The number of unbranched alkanes of at least 4 members (excludes halogenated alkanes) is 3. The van der Waals surface area contributed by atoms with E-state index in [9.17, 15) is 9.90 Å². The Morgan fingerprint density at radius 2 is 1.75 bits per heavy atom. The van der Waals surface area contributed by atoms with Crippen LogP contribution in [0, 0.1) is 11.3 Å². The van der Waals surface area contributed by atoms with Crippen LogP contribution in [-0.4, -0.2) is 38.5 Å². The van der Waals surface area contributed by atoms with Crippen LogP contribution in [0.5, 0.6) is 11.5 Å². The Kier molecular flexibility index (Phi) is 11.0. The van der Waals surface area contributed by atoms with E-state index in [0.717, 1.165) is 56.4 Å². The highest BCUT2D eigenvalue weighted by molar-refractivity contribution is 5.74. The Balaban J connectivity index is 2.41. The molecule has 160 valence electrons. The lowest BCUT2D eigenvalue weighted by atomic mass is 9.75. The maximum absolute atomic E-state index is 11.5. The summed E-state index contributed by atoms with van der Waals surface area (Å²) in [6.07, 6.45) is 6.77. The van der Waals surface area contributed by atoms with Crippen LogP contribution in [-0.2, 0) is 16.0 Å². The Bertz CT molecular complexity index is 584. The predicted octanol–water partition coefficient (Wildman–Crippen LogP) is 5.35. The van der Waals surface area contributed by atoms with Gasteiger partial charge in [0.05, 0.1) is 19.1 Å². The van der Waals surface area contributed by atoms with Crippen molar-refractivity contribution >= 4 is 5.97 Å². The van der Waals surface area contributed by atoms with Gasteiger partial charge < -0.3 is 19.3 Å². The Hall–Kier alpha value is -1.75. The first kappa shape index (κ1) is 24.3. The third-order valence-corrected chi connectivity index (χ3v) is 5.65. The summed E-state index contributed by atoms with van der Waals surface area (Å²) in [6.45, 7) is 7.14. The molecule has 1 atom stereocenters. The van der Waals surface area contributed by atoms with E-state index in [0.29, 0.717) is 13.2 Å². The summed E-state index contributed by atoms with van der Waals surface area (Å²) >= 11 is 0. The number of benzene rings is 1. The molecule has 0 bridgehead atoms. The molecule has 28 heavy (non-hydrogen) atoms. The molecule has 1 aromatic carbocycles. The summed E-state index contributed by atoms with van der Waals surface area (Å²) < 4.78 is 16.3. The van der Waals surface area contributed by atoms with Crippen molar-refractivity contribution in [2.45, 2.75) is 65.7 Å². The lowest BCUT2D eigenvalue weighted by Crippen LogP contribution is -2.33. The SMILES string of the molecule is COCCCOc1cc(CCCCCC[C@@](C)(C(=O)O)C(C)C)ccc1OC. The summed E-state index contributed by atoms with van der Waals surface area (Å²) in [6, 6.07) is 6.11. The van der Waals surface area contributed by atoms with Crippen LogP contribution in [0.1, 0.15) is 64.9 Å². The monoisotopic (exact) mass is 394 g/mol. The van der Waals surface area contributed by atoms with Crippen molar-refractivity contribution in [3.63, 3.8) is 0 Å². The Morgan fingerprint density at radius 1 is 1.04 bits per heavy atom. The normalized spacial score (nSPS) is 13.4. The number of ether oxygens (including phenoxy) is 3. The second-order valence-electron chi connectivity index (χ2n) is 7.97. The van der Waals surface area contributed by atoms with E-state index in [1.165, 1.54) is 5.56 Å². The molecule has 0 saturated carbocycles. The zero-order valence-corrected chi connectivity index (χ0v) is 18.3.